The van der Waals surface area contributed by atoms with Gasteiger partial charge in [0.2, 0.25) is 0 Å². The van der Waals surface area contributed by atoms with Crippen LogP contribution in [0.15, 0.2) is 79.1 Å². The zero-order chi connectivity index (χ0) is 22.5. The second-order valence-electron chi connectivity index (χ2n) is 7.63. The first kappa shape index (κ1) is 21.0. The largest absolute Gasteiger partial charge is 0.340 e. The Kier molecular flexibility index (Phi) is 6.07. The maximum absolute atomic E-state index is 12.2. The number of amides is 3. The lowest BCUT2D eigenvalue weighted by molar-refractivity contribution is 0.0967. The standard InChI is InChI=1S/C25H23N5O2/c1-16(2)18-9-6-10-19(13-18)28-23-21-12-11-20(14-22(21)26-15-27-23)29-25(32)30-24(31)17-7-4-3-5-8-17/h3-16H,1-2H3,(H,26,27,28)(H2,29,30,31,32). The molecule has 0 aliphatic rings. The lowest BCUT2D eigenvalue weighted by Crippen LogP contribution is -2.34. The Balaban J connectivity index is 1.49. The lowest BCUT2D eigenvalue weighted by Gasteiger charge is -2.12. The average Bonchev–Trinajstić information content (AvgIpc) is 2.80. The minimum absolute atomic E-state index is 0.408. The summed E-state index contributed by atoms with van der Waals surface area (Å²) in [6.07, 6.45) is 1.47. The molecule has 0 aliphatic carbocycles. The maximum Gasteiger partial charge on any atom is 0.326 e. The Morgan fingerprint density at radius 2 is 1.66 bits per heavy atom. The summed E-state index contributed by atoms with van der Waals surface area (Å²) in [5.41, 5.74) is 3.76. The summed E-state index contributed by atoms with van der Waals surface area (Å²) in [6, 6.07) is 21.5. The average molecular weight is 425 g/mol. The quantitative estimate of drug-likeness (QED) is 0.395. The van der Waals surface area contributed by atoms with E-state index in [1.54, 1.807) is 42.5 Å². The number of fused-ring (bicyclic) bond motifs is 1. The minimum atomic E-state index is -0.615. The van der Waals surface area contributed by atoms with E-state index in [1.165, 1.54) is 11.9 Å². The van der Waals surface area contributed by atoms with Crippen LogP contribution >= 0.6 is 0 Å². The number of rotatable bonds is 5. The summed E-state index contributed by atoms with van der Waals surface area (Å²) in [5, 5.41) is 9.15. The Morgan fingerprint density at radius 1 is 0.844 bits per heavy atom. The number of urea groups is 1. The molecule has 0 fully saturated rings. The van der Waals surface area contributed by atoms with Crippen LogP contribution in [0.3, 0.4) is 0 Å². The molecule has 0 radical (unpaired) electrons. The highest BCUT2D eigenvalue weighted by molar-refractivity contribution is 6.08. The molecular weight excluding hydrogens is 402 g/mol. The van der Waals surface area contributed by atoms with E-state index in [2.05, 4.69) is 51.9 Å². The van der Waals surface area contributed by atoms with Crippen LogP contribution in [0.25, 0.3) is 10.9 Å². The van der Waals surface area contributed by atoms with E-state index >= 15 is 0 Å². The fourth-order valence-corrected chi connectivity index (χ4v) is 3.27. The summed E-state index contributed by atoms with van der Waals surface area (Å²) < 4.78 is 0. The first-order valence-electron chi connectivity index (χ1n) is 10.3. The van der Waals surface area contributed by atoms with E-state index in [0.29, 0.717) is 28.5 Å². The number of hydrogen-bond donors (Lipinski definition) is 3. The van der Waals surface area contributed by atoms with Gasteiger partial charge in [-0.15, -0.1) is 0 Å². The molecular formula is C25H23N5O2. The van der Waals surface area contributed by atoms with Crippen LogP contribution in [-0.4, -0.2) is 21.9 Å². The third-order valence-corrected chi connectivity index (χ3v) is 4.97. The molecule has 0 aliphatic heterocycles. The van der Waals surface area contributed by atoms with Crippen molar-refractivity contribution in [3.63, 3.8) is 0 Å². The number of hydrogen-bond acceptors (Lipinski definition) is 5. The van der Waals surface area contributed by atoms with E-state index in [0.717, 1.165) is 11.1 Å². The highest BCUT2D eigenvalue weighted by atomic mass is 16.2. The van der Waals surface area contributed by atoms with E-state index in [9.17, 15) is 9.59 Å². The van der Waals surface area contributed by atoms with E-state index in [1.807, 2.05) is 18.2 Å². The number of anilines is 3. The second-order valence-corrected chi connectivity index (χ2v) is 7.63. The van der Waals surface area contributed by atoms with Gasteiger partial charge in [-0.25, -0.2) is 14.8 Å². The number of aromatic nitrogens is 2. The van der Waals surface area contributed by atoms with E-state index < -0.39 is 11.9 Å². The summed E-state index contributed by atoms with van der Waals surface area (Å²) >= 11 is 0. The number of nitrogens with one attached hydrogen (secondary N) is 3. The molecule has 3 amide bonds. The Hall–Kier alpha value is -4.26. The SMILES string of the molecule is CC(C)c1cccc(Nc2ncnc3cc(NC(=O)NC(=O)c4ccccc4)ccc23)c1. The van der Waals surface area contributed by atoms with Gasteiger partial charge in [-0.1, -0.05) is 44.2 Å². The molecule has 4 aromatic rings. The summed E-state index contributed by atoms with van der Waals surface area (Å²) in [7, 11) is 0. The van der Waals surface area contributed by atoms with Crippen LogP contribution in [-0.2, 0) is 0 Å². The van der Waals surface area contributed by atoms with Gasteiger partial charge in [0.25, 0.3) is 5.91 Å². The van der Waals surface area contributed by atoms with Crippen molar-refractivity contribution in [2.24, 2.45) is 0 Å². The van der Waals surface area contributed by atoms with Crippen molar-refractivity contribution in [3.05, 3.63) is 90.3 Å². The van der Waals surface area contributed by atoms with Crippen LogP contribution in [0, 0.1) is 0 Å². The third-order valence-electron chi connectivity index (χ3n) is 4.97. The lowest BCUT2D eigenvalue weighted by atomic mass is 10.0. The van der Waals surface area contributed by atoms with Gasteiger partial charge in [0.05, 0.1) is 5.52 Å². The highest BCUT2D eigenvalue weighted by Gasteiger charge is 2.11. The molecule has 1 heterocycles. The zero-order valence-corrected chi connectivity index (χ0v) is 17.8. The molecule has 3 N–H and O–H groups in total. The normalized spacial score (nSPS) is 10.7. The van der Waals surface area contributed by atoms with Crippen molar-refractivity contribution >= 4 is 40.0 Å². The van der Waals surface area contributed by atoms with Gasteiger partial charge in [0.1, 0.15) is 12.1 Å². The van der Waals surface area contributed by atoms with E-state index in [-0.39, 0.29) is 0 Å². The van der Waals surface area contributed by atoms with Crippen molar-refractivity contribution in [2.45, 2.75) is 19.8 Å². The number of nitrogens with zero attached hydrogens (tertiary/aromatic N) is 2. The van der Waals surface area contributed by atoms with Crippen LogP contribution in [0.4, 0.5) is 22.0 Å². The number of carbonyl (C=O) groups is 2. The van der Waals surface area contributed by atoms with Crippen molar-refractivity contribution in [3.8, 4) is 0 Å². The maximum atomic E-state index is 12.2. The predicted molar refractivity (Wildman–Crippen MR) is 126 cm³/mol. The van der Waals surface area contributed by atoms with Gasteiger partial charge in [0, 0.05) is 22.3 Å². The molecule has 3 aromatic carbocycles. The van der Waals surface area contributed by atoms with Crippen molar-refractivity contribution in [1.82, 2.24) is 15.3 Å². The molecule has 32 heavy (non-hydrogen) atoms. The molecule has 0 spiro atoms. The van der Waals surface area contributed by atoms with Gasteiger partial charge in [-0.2, -0.15) is 0 Å². The first-order valence-corrected chi connectivity index (χ1v) is 10.3. The van der Waals surface area contributed by atoms with Crippen LogP contribution < -0.4 is 16.0 Å². The molecule has 4 rings (SSSR count). The zero-order valence-electron chi connectivity index (χ0n) is 17.8. The molecule has 160 valence electrons. The Labute approximate surface area is 185 Å². The van der Waals surface area contributed by atoms with Crippen LogP contribution in [0.5, 0.6) is 0 Å². The van der Waals surface area contributed by atoms with Crippen molar-refractivity contribution in [2.75, 3.05) is 10.6 Å². The predicted octanol–water partition coefficient (Wildman–Crippen LogP) is 5.46. The van der Waals surface area contributed by atoms with Gasteiger partial charge in [-0.3, -0.25) is 10.1 Å². The van der Waals surface area contributed by atoms with Crippen molar-refractivity contribution < 1.29 is 9.59 Å². The Morgan fingerprint density at radius 3 is 2.44 bits per heavy atom. The summed E-state index contributed by atoms with van der Waals surface area (Å²) in [5.74, 6) is 0.625. The van der Waals surface area contributed by atoms with Crippen LogP contribution in [0.1, 0.15) is 35.7 Å². The molecule has 1 aromatic heterocycles. The number of carbonyl (C=O) groups excluding carboxylic acids is 2. The smallest absolute Gasteiger partial charge is 0.326 e. The summed E-state index contributed by atoms with van der Waals surface area (Å²) in [6.45, 7) is 4.30. The summed E-state index contributed by atoms with van der Waals surface area (Å²) in [4.78, 5) is 33.1. The van der Waals surface area contributed by atoms with Crippen LogP contribution in [0.2, 0.25) is 0 Å². The first-order chi connectivity index (χ1) is 15.5. The minimum Gasteiger partial charge on any atom is -0.340 e. The Bertz CT molecular complexity index is 1270. The number of imide groups is 1. The van der Waals surface area contributed by atoms with Gasteiger partial charge < -0.3 is 10.6 Å². The molecule has 0 atom stereocenters. The van der Waals surface area contributed by atoms with Crippen molar-refractivity contribution in [1.29, 1.82) is 0 Å². The topological polar surface area (TPSA) is 96.0 Å². The molecule has 0 saturated heterocycles. The monoisotopic (exact) mass is 425 g/mol. The highest BCUT2D eigenvalue weighted by Crippen LogP contribution is 2.27. The van der Waals surface area contributed by atoms with E-state index in [4.69, 9.17) is 0 Å². The molecule has 0 saturated carbocycles. The fourth-order valence-electron chi connectivity index (χ4n) is 3.27. The third kappa shape index (κ3) is 4.89. The molecule has 0 unspecified atom stereocenters. The van der Waals surface area contributed by atoms with Gasteiger partial charge in [0.15, 0.2) is 0 Å². The molecule has 7 heteroatoms. The molecule has 0 bridgehead atoms. The molecule has 7 nitrogen and oxygen atoms in total. The van der Waals surface area contributed by atoms with Gasteiger partial charge in [-0.05, 0) is 53.9 Å². The second kappa shape index (κ2) is 9.26. The fraction of sp³-hybridized carbons (Fsp3) is 0.120. The number of benzene rings is 3. The van der Waals surface area contributed by atoms with Gasteiger partial charge >= 0.3 is 6.03 Å².